The van der Waals surface area contributed by atoms with Crippen LogP contribution in [0.5, 0.6) is 0 Å². The molecule has 0 saturated heterocycles. The Kier molecular flexibility index (Phi) is 3.22. The first-order chi connectivity index (χ1) is 7.72. The zero-order chi connectivity index (χ0) is 11.5. The maximum absolute atomic E-state index is 9.68. The minimum absolute atomic E-state index is 0.00962. The number of fused-ring (bicyclic) bond motifs is 1. The molecule has 2 unspecified atom stereocenters. The second-order valence-corrected chi connectivity index (χ2v) is 4.11. The maximum atomic E-state index is 9.68. The smallest absolute Gasteiger partial charge is 0.0706 e. The van der Waals surface area contributed by atoms with Gasteiger partial charge in [-0.05, 0) is 36.4 Å². The number of hydrogen-bond donors (Lipinski definition) is 2. The van der Waals surface area contributed by atoms with Crippen molar-refractivity contribution < 1.29 is 5.11 Å². The Labute approximate surface area is 95.9 Å². The molecule has 2 aromatic rings. The molecule has 2 rings (SSSR count). The lowest BCUT2D eigenvalue weighted by atomic mass is 9.99. The molecule has 2 atom stereocenters. The summed E-state index contributed by atoms with van der Waals surface area (Å²) in [7, 11) is 1.87. The number of hydrogen-bond acceptors (Lipinski definition) is 2. The number of rotatable bonds is 3. The quantitative estimate of drug-likeness (QED) is 0.824. The highest BCUT2D eigenvalue weighted by molar-refractivity contribution is 5.83. The van der Waals surface area contributed by atoms with Crippen LogP contribution in [0.15, 0.2) is 42.5 Å². The summed E-state index contributed by atoms with van der Waals surface area (Å²) < 4.78 is 0. The van der Waals surface area contributed by atoms with Gasteiger partial charge in [-0.25, -0.2) is 0 Å². The second-order valence-electron chi connectivity index (χ2n) is 4.11. The average Bonchev–Trinajstić information content (AvgIpc) is 2.29. The third kappa shape index (κ3) is 2.08. The van der Waals surface area contributed by atoms with E-state index in [2.05, 4.69) is 35.6 Å². The third-order valence-corrected chi connectivity index (χ3v) is 2.93. The summed E-state index contributed by atoms with van der Waals surface area (Å²) in [6.07, 6.45) is -0.397. The van der Waals surface area contributed by atoms with Crippen molar-refractivity contribution >= 4 is 10.8 Å². The topological polar surface area (TPSA) is 32.3 Å². The van der Waals surface area contributed by atoms with Crippen molar-refractivity contribution in [2.75, 3.05) is 7.05 Å². The highest BCUT2D eigenvalue weighted by atomic mass is 16.3. The van der Waals surface area contributed by atoms with Gasteiger partial charge in [-0.3, -0.25) is 0 Å². The van der Waals surface area contributed by atoms with Crippen molar-refractivity contribution in [2.45, 2.75) is 19.1 Å². The van der Waals surface area contributed by atoms with Crippen LogP contribution in [0, 0.1) is 0 Å². The Hall–Kier alpha value is -1.38. The summed E-state index contributed by atoms with van der Waals surface area (Å²) in [6, 6.07) is 14.5. The zero-order valence-corrected chi connectivity index (χ0v) is 9.64. The third-order valence-electron chi connectivity index (χ3n) is 2.93. The van der Waals surface area contributed by atoms with Gasteiger partial charge in [-0.1, -0.05) is 36.4 Å². The molecule has 2 aromatic carbocycles. The molecular formula is C14H17NO. The van der Waals surface area contributed by atoms with E-state index in [9.17, 15) is 5.11 Å². The lowest BCUT2D eigenvalue weighted by Crippen LogP contribution is -2.26. The van der Waals surface area contributed by atoms with Crippen LogP contribution < -0.4 is 5.32 Å². The van der Waals surface area contributed by atoms with Gasteiger partial charge in [-0.15, -0.1) is 0 Å². The van der Waals surface area contributed by atoms with E-state index in [0.29, 0.717) is 0 Å². The minimum Gasteiger partial charge on any atom is -0.391 e. The Morgan fingerprint density at radius 3 is 2.38 bits per heavy atom. The van der Waals surface area contributed by atoms with Gasteiger partial charge in [0.2, 0.25) is 0 Å². The number of benzene rings is 2. The molecule has 0 spiro atoms. The Balaban J connectivity index is 2.45. The number of likely N-dealkylation sites (N-methyl/N-ethyl adjacent to an activating group) is 1. The van der Waals surface area contributed by atoms with E-state index in [1.807, 2.05) is 19.2 Å². The first-order valence-corrected chi connectivity index (χ1v) is 5.56. The van der Waals surface area contributed by atoms with Crippen LogP contribution >= 0.6 is 0 Å². The van der Waals surface area contributed by atoms with Crippen LogP contribution in [-0.4, -0.2) is 18.3 Å². The number of aliphatic hydroxyl groups excluding tert-OH is 1. The Morgan fingerprint density at radius 2 is 1.75 bits per heavy atom. The largest absolute Gasteiger partial charge is 0.391 e. The standard InChI is InChI=1S/C14H17NO/c1-10(16)14(15-2)13-8-7-11-5-3-4-6-12(11)9-13/h3-10,14-16H,1-2H3. The summed E-state index contributed by atoms with van der Waals surface area (Å²) in [6.45, 7) is 1.80. The molecule has 0 saturated carbocycles. The molecule has 0 aromatic heterocycles. The van der Waals surface area contributed by atoms with E-state index in [-0.39, 0.29) is 6.04 Å². The molecule has 2 N–H and O–H groups in total. The minimum atomic E-state index is -0.397. The monoisotopic (exact) mass is 215 g/mol. The van der Waals surface area contributed by atoms with Crippen LogP contribution in [-0.2, 0) is 0 Å². The van der Waals surface area contributed by atoms with Gasteiger partial charge < -0.3 is 10.4 Å². The molecule has 0 bridgehead atoms. The number of aliphatic hydroxyl groups is 1. The van der Waals surface area contributed by atoms with Gasteiger partial charge in [0.1, 0.15) is 0 Å². The first kappa shape index (κ1) is 11.1. The average molecular weight is 215 g/mol. The van der Waals surface area contributed by atoms with Crippen LogP contribution in [0.4, 0.5) is 0 Å². The normalized spacial score (nSPS) is 14.9. The van der Waals surface area contributed by atoms with Crippen LogP contribution in [0.2, 0.25) is 0 Å². The van der Waals surface area contributed by atoms with E-state index in [1.54, 1.807) is 6.92 Å². The summed E-state index contributed by atoms with van der Waals surface area (Å²) in [5, 5.41) is 15.2. The van der Waals surface area contributed by atoms with Gasteiger partial charge in [0.05, 0.1) is 12.1 Å². The predicted molar refractivity (Wildman–Crippen MR) is 67.4 cm³/mol. The van der Waals surface area contributed by atoms with Crippen LogP contribution in [0.3, 0.4) is 0 Å². The second kappa shape index (κ2) is 4.64. The van der Waals surface area contributed by atoms with Gasteiger partial charge >= 0.3 is 0 Å². The van der Waals surface area contributed by atoms with E-state index < -0.39 is 6.10 Å². The molecule has 2 heteroatoms. The van der Waals surface area contributed by atoms with Gasteiger partial charge in [-0.2, -0.15) is 0 Å². The van der Waals surface area contributed by atoms with Crippen molar-refractivity contribution in [3.8, 4) is 0 Å². The Bertz CT molecular complexity index is 479. The highest BCUT2D eigenvalue weighted by Crippen LogP contribution is 2.22. The molecule has 0 radical (unpaired) electrons. The fourth-order valence-electron chi connectivity index (χ4n) is 2.09. The predicted octanol–water partition coefficient (Wildman–Crippen LogP) is 2.48. The van der Waals surface area contributed by atoms with Crippen molar-refractivity contribution in [2.24, 2.45) is 0 Å². The van der Waals surface area contributed by atoms with E-state index >= 15 is 0 Å². The lowest BCUT2D eigenvalue weighted by molar-refractivity contribution is 0.150. The first-order valence-electron chi connectivity index (χ1n) is 5.56. The Morgan fingerprint density at radius 1 is 1.06 bits per heavy atom. The zero-order valence-electron chi connectivity index (χ0n) is 9.64. The van der Waals surface area contributed by atoms with Crippen molar-refractivity contribution in [3.63, 3.8) is 0 Å². The van der Waals surface area contributed by atoms with Crippen molar-refractivity contribution in [3.05, 3.63) is 48.0 Å². The molecule has 2 nitrogen and oxygen atoms in total. The molecule has 0 amide bonds. The van der Waals surface area contributed by atoms with Gasteiger partial charge in [0.15, 0.2) is 0 Å². The van der Waals surface area contributed by atoms with Crippen LogP contribution in [0.1, 0.15) is 18.5 Å². The van der Waals surface area contributed by atoms with E-state index in [1.165, 1.54) is 10.8 Å². The fraction of sp³-hybridized carbons (Fsp3) is 0.286. The fourth-order valence-corrected chi connectivity index (χ4v) is 2.09. The van der Waals surface area contributed by atoms with Crippen molar-refractivity contribution in [1.29, 1.82) is 0 Å². The SMILES string of the molecule is CNC(c1ccc2ccccc2c1)C(C)O. The summed E-state index contributed by atoms with van der Waals surface area (Å²) in [5.41, 5.74) is 1.12. The summed E-state index contributed by atoms with van der Waals surface area (Å²) in [4.78, 5) is 0. The van der Waals surface area contributed by atoms with Crippen LogP contribution in [0.25, 0.3) is 10.8 Å². The highest BCUT2D eigenvalue weighted by Gasteiger charge is 2.14. The molecular weight excluding hydrogens is 198 g/mol. The molecule has 0 aliphatic rings. The molecule has 0 aliphatic heterocycles. The van der Waals surface area contributed by atoms with E-state index in [4.69, 9.17) is 0 Å². The molecule has 0 fully saturated rings. The molecule has 0 aliphatic carbocycles. The molecule has 0 heterocycles. The number of nitrogens with one attached hydrogen (secondary N) is 1. The lowest BCUT2D eigenvalue weighted by Gasteiger charge is -2.20. The summed E-state index contributed by atoms with van der Waals surface area (Å²) in [5.74, 6) is 0. The van der Waals surface area contributed by atoms with Gasteiger partial charge in [0.25, 0.3) is 0 Å². The summed E-state index contributed by atoms with van der Waals surface area (Å²) >= 11 is 0. The van der Waals surface area contributed by atoms with E-state index in [0.717, 1.165) is 5.56 Å². The van der Waals surface area contributed by atoms with Crippen molar-refractivity contribution in [1.82, 2.24) is 5.32 Å². The van der Waals surface area contributed by atoms with Gasteiger partial charge in [0, 0.05) is 0 Å². The molecule has 16 heavy (non-hydrogen) atoms. The maximum Gasteiger partial charge on any atom is 0.0706 e. The molecule has 84 valence electrons.